The Morgan fingerprint density at radius 2 is 1.94 bits per heavy atom. The molecule has 1 N–H and O–H groups in total. The fraction of sp³-hybridized carbons (Fsp3) is 0.647. The number of benzene rings is 1. The molecular formula is C17H27N. The second-order valence-corrected chi connectivity index (χ2v) is 5.65. The van der Waals surface area contributed by atoms with Crippen LogP contribution in [0, 0.1) is 11.8 Å². The fourth-order valence-electron chi connectivity index (χ4n) is 3.00. The molecule has 3 atom stereocenters. The van der Waals surface area contributed by atoms with Crippen LogP contribution in [0.2, 0.25) is 0 Å². The molecule has 1 nitrogen and oxygen atoms in total. The summed E-state index contributed by atoms with van der Waals surface area (Å²) < 4.78 is 0. The number of hydrogen-bond acceptors (Lipinski definition) is 1. The van der Waals surface area contributed by atoms with E-state index in [1.807, 2.05) is 0 Å². The quantitative estimate of drug-likeness (QED) is 0.795. The van der Waals surface area contributed by atoms with Crippen molar-refractivity contribution in [2.24, 2.45) is 11.8 Å². The van der Waals surface area contributed by atoms with Crippen LogP contribution in [-0.2, 0) is 12.8 Å². The minimum absolute atomic E-state index is 0.575. The maximum Gasteiger partial charge on any atom is 0.0354 e. The molecule has 1 fully saturated rings. The van der Waals surface area contributed by atoms with Gasteiger partial charge in [-0.15, -0.1) is 0 Å². The van der Waals surface area contributed by atoms with Crippen LogP contribution in [0.4, 0.5) is 0 Å². The number of aryl methyl sites for hydroxylation is 2. The molecule has 0 bridgehead atoms. The van der Waals surface area contributed by atoms with Gasteiger partial charge < -0.3 is 5.32 Å². The van der Waals surface area contributed by atoms with Crippen molar-refractivity contribution in [2.75, 3.05) is 6.54 Å². The highest BCUT2D eigenvalue weighted by atomic mass is 14.9. The fourth-order valence-corrected chi connectivity index (χ4v) is 3.00. The van der Waals surface area contributed by atoms with Gasteiger partial charge in [0, 0.05) is 6.04 Å². The van der Waals surface area contributed by atoms with Crippen molar-refractivity contribution in [1.82, 2.24) is 5.32 Å². The van der Waals surface area contributed by atoms with Gasteiger partial charge in [0.25, 0.3) is 0 Å². The first kappa shape index (κ1) is 13.6. The normalized spacial score (nSPS) is 24.0. The Bertz CT molecular complexity index is 397. The lowest BCUT2D eigenvalue weighted by atomic mass is 9.92. The van der Waals surface area contributed by atoms with Gasteiger partial charge in [0.1, 0.15) is 0 Å². The summed E-state index contributed by atoms with van der Waals surface area (Å²) in [6.45, 7) is 10.2. The van der Waals surface area contributed by atoms with Crippen molar-refractivity contribution in [3.63, 3.8) is 0 Å². The van der Waals surface area contributed by atoms with Crippen LogP contribution in [0.5, 0.6) is 0 Å². The smallest absolute Gasteiger partial charge is 0.0354 e. The molecule has 100 valence electrons. The topological polar surface area (TPSA) is 12.0 Å². The molecule has 1 aromatic carbocycles. The molecule has 0 amide bonds. The second kappa shape index (κ2) is 5.88. The molecule has 0 heterocycles. The molecule has 0 spiro atoms. The standard InChI is InChI=1S/C17H27N/c1-5-13-8-9-14(6-2)16(11-13)17(18-7-3)15-10-12(15)4/h8-9,11-12,15,17-18H,5-7,10H2,1-4H3. The molecule has 0 radical (unpaired) electrons. The molecule has 1 aliphatic carbocycles. The van der Waals surface area contributed by atoms with E-state index in [4.69, 9.17) is 0 Å². The van der Waals surface area contributed by atoms with Crippen molar-refractivity contribution < 1.29 is 0 Å². The van der Waals surface area contributed by atoms with Crippen LogP contribution in [-0.4, -0.2) is 6.54 Å². The monoisotopic (exact) mass is 245 g/mol. The van der Waals surface area contributed by atoms with Crippen LogP contribution in [0.25, 0.3) is 0 Å². The molecule has 0 aliphatic heterocycles. The Kier molecular flexibility index (Phi) is 4.45. The summed E-state index contributed by atoms with van der Waals surface area (Å²) in [5.74, 6) is 1.74. The van der Waals surface area contributed by atoms with E-state index in [0.717, 1.165) is 31.2 Å². The van der Waals surface area contributed by atoms with Gasteiger partial charge in [0.2, 0.25) is 0 Å². The van der Waals surface area contributed by atoms with Gasteiger partial charge in [-0.2, -0.15) is 0 Å². The number of nitrogens with one attached hydrogen (secondary N) is 1. The third-order valence-electron chi connectivity index (χ3n) is 4.36. The minimum atomic E-state index is 0.575. The van der Waals surface area contributed by atoms with Crippen LogP contribution in [0.3, 0.4) is 0 Å². The molecule has 1 aromatic rings. The Hall–Kier alpha value is -0.820. The summed E-state index contributed by atoms with van der Waals surface area (Å²) in [6, 6.07) is 7.65. The predicted molar refractivity (Wildman–Crippen MR) is 78.9 cm³/mol. The Morgan fingerprint density at radius 3 is 2.44 bits per heavy atom. The summed E-state index contributed by atoms with van der Waals surface area (Å²) in [7, 11) is 0. The molecule has 2 rings (SSSR count). The lowest BCUT2D eigenvalue weighted by molar-refractivity contribution is 0.472. The van der Waals surface area contributed by atoms with Crippen molar-refractivity contribution in [2.45, 2.75) is 53.0 Å². The van der Waals surface area contributed by atoms with E-state index in [0.29, 0.717) is 6.04 Å². The van der Waals surface area contributed by atoms with E-state index in [1.54, 1.807) is 5.56 Å². The lowest BCUT2D eigenvalue weighted by Gasteiger charge is -2.22. The van der Waals surface area contributed by atoms with E-state index in [2.05, 4.69) is 51.2 Å². The number of rotatable bonds is 6. The molecule has 1 saturated carbocycles. The third-order valence-corrected chi connectivity index (χ3v) is 4.36. The highest BCUT2D eigenvalue weighted by Gasteiger charge is 2.40. The predicted octanol–water partition coefficient (Wildman–Crippen LogP) is 4.12. The molecule has 0 aromatic heterocycles. The summed E-state index contributed by atoms with van der Waals surface area (Å²) in [6.07, 6.45) is 3.66. The summed E-state index contributed by atoms with van der Waals surface area (Å²) >= 11 is 0. The Morgan fingerprint density at radius 1 is 1.22 bits per heavy atom. The van der Waals surface area contributed by atoms with Crippen molar-refractivity contribution >= 4 is 0 Å². The first-order chi connectivity index (χ1) is 8.71. The molecular weight excluding hydrogens is 218 g/mol. The van der Waals surface area contributed by atoms with E-state index in [1.165, 1.54) is 17.5 Å². The minimum Gasteiger partial charge on any atom is -0.310 e. The first-order valence-corrected chi connectivity index (χ1v) is 7.56. The first-order valence-electron chi connectivity index (χ1n) is 7.56. The SMILES string of the molecule is CCNC(c1cc(CC)ccc1CC)C1CC1C. The van der Waals surface area contributed by atoms with Gasteiger partial charge >= 0.3 is 0 Å². The van der Waals surface area contributed by atoms with Crippen molar-refractivity contribution in [3.05, 3.63) is 34.9 Å². The highest BCUT2D eigenvalue weighted by molar-refractivity contribution is 5.36. The van der Waals surface area contributed by atoms with Gasteiger partial charge in [0.15, 0.2) is 0 Å². The van der Waals surface area contributed by atoms with Gasteiger partial charge in [0.05, 0.1) is 0 Å². The second-order valence-electron chi connectivity index (χ2n) is 5.65. The number of hydrogen-bond donors (Lipinski definition) is 1. The summed E-state index contributed by atoms with van der Waals surface area (Å²) in [4.78, 5) is 0. The van der Waals surface area contributed by atoms with Gasteiger partial charge in [-0.25, -0.2) is 0 Å². The third kappa shape index (κ3) is 2.77. The lowest BCUT2D eigenvalue weighted by Crippen LogP contribution is -2.24. The molecule has 0 saturated heterocycles. The van der Waals surface area contributed by atoms with Gasteiger partial charge in [-0.05, 0) is 54.3 Å². The van der Waals surface area contributed by atoms with Gasteiger partial charge in [-0.1, -0.05) is 45.9 Å². The molecule has 3 unspecified atom stereocenters. The van der Waals surface area contributed by atoms with Crippen LogP contribution >= 0.6 is 0 Å². The van der Waals surface area contributed by atoms with E-state index >= 15 is 0 Å². The zero-order valence-corrected chi connectivity index (χ0v) is 12.3. The molecule has 1 aliphatic rings. The molecule has 1 heteroatoms. The highest BCUT2D eigenvalue weighted by Crippen LogP contribution is 2.47. The van der Waals surface area contributed by atoms with E-state index in [9.17, 15) is 0 Å². The van der Waals surface area contributed by atoms with Crippen LogP contribution in [0.15, 0.2) is 18.2 Å². The van der Waals surface area contributed by atoms with Crippen LogP contribution in [0.1, 0.15) is 56.8 Å². The zero-order chi connectivity index (χ0) is 13.1. The van der Waals surface area contributed by atoms with E-state index < -0.39 is 0 Å². The van der Waals surface area contributed by atoms with Crippen molar-refractivity contribution in [1.29, 1.82) is 0 Å². The Labute approximate surface area is 112 Å². The van der Waals surface area contributed by atoms with Crippen LogP contribution < -0.4 is 5.32 Å². The maximum atomic E-state index is 3.72. The summed E-state index contributed by atoms with van der Waals surface area (Å²) in [5, 5.41) is 3.72. The van der Waals surface area contributed by atoms with E-state index in [-0.39, 0.29) is 0 Å². The Balaban J connectivity index is 2.32. The largest absolute Gasteiger partial charge is 0.310 e. The average molecular weight is 245 g/mol. The summed E-state index contributed by atoms with van der Waals surface area (Å²) in [5.41, 5.74) is 4.56. The van der Waals surface area contributed by atoms with Crippen molar-refractivity contribution in [3.8, 4) is 0 Å². The average Bonchev–Trinajstić information content (AvgIpc) is 3.12. The maximum absolute atomic E-state index is 3.72. The van der Waals surface area contributed by atoms with Gasteiger partial charge in [-0.3, -0.25) is 0 Å². The molecule has 18 heavy (non-hydrogen) atoms. The zero-order valence-electron chi connectivity index (χ0n) is 12.3.